The summed E-state index contributed by atoms with van der Waals surface area (Å²) < 4.78 is 15.9. The van der Waals surface area contributed by atoms with Gasteiger partial charge in [-0.15, -0.1) is 0 Å². The molecule has 1 unspecified atom stereocenters. The van der Waals surface area contributed by atoms with Gasteiger partial charge in [0.15, 0.2) is 0 Å². The summed E-state index contributed by atoms with van der Waals surface area (Å²) in [7, 11) is 0. The number of carbonyl (C=O) groups is 3. The molecule has 0 aromatic carbocycles. The third-order valence-corrected chi connectivity index (χ3v) is 5.22. The summed E-state index contributed by atoms with van der Waals surface area (Å²) in [5, 5.41) is 0. The van der Waals surface area contributed by atoms with E-state index in [9.17, 15) is 14.4 Å². The largest absolute Gasteiger partial charge is 0.468 e. The molecule has 3 aliphatic rings. The number of hydrogen-bond donors (Lipinski definition) is 0. The number of ether oxygens (including phenoxy) is 2. The number of furan rings is 1. The second-order valence-corrected chi connectivity index (χ2v) is 7.05. The van der Waals surface area contributed by atoms with Crippen LogP contribution < -0.4 is 0 Å². The smallest absolute Gasteiger partial charge is 0.375 e. The molecule has 6 nitrogen and oxygen atoms in total. The zero-order chi connectivity index (χ0) is 17.8. The second-order valence-electron chi connectivity index (χ2n) is 6.26. The van der Waals surface area contributed by atoms with Crippen LogP contribution in [0.5, 0.6) is 0 Å². The van der Waals surface area contributed by atoms with Crippen LogP contribution in [-0.4, -0.2) is 23.1 Å². The first kappa shape index (κ1) is 16.1. The maximum Gasteiger partial charge on any atom is 0.375 e. The Balaban J connectivity index is 1.71. The summed E-state index contributed by atoms with van der Waals surface area (Å²) in [6, 6.07) is 2.91. The second kappa shape index (κ2) is 5.56. The lowest BCUT2D eigenvalue weighted by Crippen LogP contribution is -2.51. The molecule has 7 heteroatoms. The van der Waals surface area contributed by atoms with Crippen molar-refractivity contribution in [2.24, 2.45) is 5.92 Å². The number of allylic oxidation sites excluding steroid dienone is 3. The Labute approximate surface area is 151 Å². The molecule has 1 fully saturated rings. The molecule has 1 saturated carbocycles. The summed E-state index contributed by atoms with van der Waals surface area (Å²) in [5.74, 6) is -1.13. The number of rotatable bonds is 3. The first-order valence-corrected chi connectivity index (χ1v) is 8.56. The Morgan fingerprint density at radius 2 is 2.08 bits per heavy atom. The quantitative estimate of drug-likeness (QED) is 0.568. The van der Waals surface area contributed by atoms with Gasteiger partial charge in [-0.1, -0.05) is 0 Å². The predicted octanol–water partition coefficient (Wildman–Crippen LogP) is 3.20. The molecular weight excluding hydrogens is 392 g/mol. The minimum absolute atomic E-state index is 0.0856. The molecule has 1 aliphatic heterocycles. The van der Waals surface area contributed by atoms with Crippen molar-refractivity contribution in [2.45, 2.75) is 25.4 Å². The SMILES string of the molecule is CC1(OC(=O)c2ccco2)C(=O)C2=COC(C3CC3)=CC2=C(Br)C1=O. The molecule has 4 rings (SSSR count). The zero-order valence-corrected chi connectivity index (χ0v) is 14.8. The maximum absolute atomic E-state index is 12.9. The van der Waals surface area contributed by atoms with E-state index >= 15 is 0 Å². The Kier molecular flexibility index (Phi) is 3.57. The van der Waals surface area contributed by atoms with Gasteiger partial charge >= 0.3 is 5.97 Å². The minimum atomic E-state index is -1.98. The van der Waals surface area contributed by atoms with Crippen molar-refractivity contribution in [3.05, 3.63) is 57.9 Å². The number of halogens is 1. The van der Waals surface area contributed by atoms with Crippen LogP contribution >= 0.6 is 15.9 Å². The molecule has 2 aliphatic carbocycles. The molecular formula is C18H13BrO6. The minimum Gasteiger partial charge on any atom is -0.468 e. The maximum atomic E-state index is 12.9. The van der Waals surface area contributed by atoms with Crippen LogP contribution in [0.4, 0.5) is 0 Å². The predicted molar refractivity (Wildman–Crippen MR) is 88.5 cm³/mol. The molecule has 0 bridgehead atoms. The van der Waals surface area contributed by atoms with Crippen molar-refractivity contribution >= 4 is 33.5 Å². The van der Waals surface area contributed by atoms with Gasteiger partial charge in [0.2, 0.25) is 22.9 Å². The lowest BCUT2D eigenvalue weighted by Gasteiger charge is -2.33. The molecule has 0 N–H and O–H groups in total. The number of ketones is 2. The first-order chi connectivity index (χ1) is 11.9. The van der Waals surface area contributed by atoms with Gasteiger partial charge < -0.3 is 13.9 Å². The molecule has 1 aromatic heterocycles. The van der Waals surface area contributed by atoms with Crippen LogP contribution in [0.1, 0.15) is 30.3 Å². The first-order valence-electron chi connectivity index (χ1n) is 7.77. The fraction of sp³-hybridized carbons (Fsp3) is 0.278. The molecule has 128 valence electrons. The summed E-state index contributed by atoms with van der Waals surface area (Å²) in [6.07, 6.45) is 6.40. The molecule has 0 amide bonds. The Morgan fingerprint density at radius 1 is 1.32 bits per heavy atom. The van der Waals surface area contributed by atoms with Crippen molar-refractivity contribution < 1.29 is 28.3 Å². The van der Waals surface area contributed by atoms with E-state index in [1.807, 2.05) is 0 Å². The number of hydrogen-bond acceptors (Lipinski definition) is 6. The van der Waals surface area contributed by atoms with E-state index in [0.717, 1.165) is 18.6 Å². The fourth-order valence-corrected chi connectivity index (χ4v) is 3.51. The van der Waals surface area contributed by atoms with E-state index in [2.05, 4.69) is 15.9 Å². The van der Waals surface area contributed by atoms with Gasteiger partial charge in [0.05, 0.1) is 16.3 Å². The van der Waals surface area contributed by atoms with E-state index in [4.69, 9.17) is 13.9 Å². The van der Waals surface area contributed by atoms with Crippen molar-refractivity contribution in [1.82, 2.24) is 0 Å². The summed E-state index contributed by atoms with van der Waals surface area (Å²) in [4.78, 5) is 37.8. The van der Waals surface area contributed by atoms with E-state index < -0.39 is 23.1 Å². The molecule has 0 radical (unpaired) electrons. The number of carbonyl (C=O) groups excluding carboxylic acids is 3. The van der Waals surface area contributed by atoms with Crippen LogP contribution in [0.2, 0.25) is 0 Å². The molecule has 25 heavy (non-hydrogen) atoms. The number of fused-ring (bicyclic) bond motifs is 1. The average molecular weight is 405 g/mol. The van der Waals surface area contributed by atoms with Crippen LogP contribution in [0.15, 0.2) is 56.5 Å². The molecule has 2 heterocycles. The van der Waals surface area contributed by atoms with Crippen molar-refractivity contribution in [2.75, 3.05) is 0 Å². The van der Waals surface area contributed by atoms with Crippen LogP contribution in [0, 0.1) is 5.92 Å². The van der Waals surface area contributed by atoms with Gasteiger partial charge in [-0.25, -0.2) is 4.79 Å². The third-order valence-electron chi connectivity index (χ3n) is 4.44. The van der Waals surface area contributed by atoms with Crippen LogP contribution in [0.3, 0.4) is 0 Å². The lowest BCUT2D eigenvalue weighted by molar-refractivity contribution is -0.145. The fourth-order valence-electron chi connectivity index (χ4n) is 2.80. The van der Waals surface area contributed by atoms with Crippen LogP contribution in [-0.2, 0) is 19.1 Å². The molecule has 0 spiro atoms. The Hall–Kier alpha value is -2.41. The highest BCUT2D eigenvalue weighted by atomic mass is 79.9. The van der Waals surface area contributed by atoms with E-state index in [1.165, 1.54) is 31.6 Å². The highest BCUT2D eigenvalue weighted by molar-refractivity contribution is 9.12. The van der Waals surface area contributed by atoms with Gasteiger partial charge in [-0.2, -0.15) is 0 Å². The van der Waals surface area contributed by atoms with E-state index in [-0.39, 0.29) is 15.8 Å². The van der Waals surface area contributed by atoms with Crippen LogP contribution in [0.25, 0.3) is 0 Å². The molecule has 0 saturated heterocycles. The van der Waals surface area contributed by atoms with Gasteiger partial charge in [-0.3, -0.25) is 9.59 Å². The highest BCUT2D eigenvalue weighted by Gasteiger charge is 2.53. The average Bonchev–Trinajstić information content (AvgIpc) is 3.31. The Morgan fingerprint density at radius 3 is 2.72 bits per heavy atom. The standard InChI is InChI=1S/C18H13BrO6/c1-18(25-17(22)12-3-2-6-23-12)15(20)11-8-24-13(9-4-5-9)7-10(11)14(19)16(18)21/h2-3,6-9H,4-5H2,1H3. The van der Waals surface area contributed by atoms with Gasteiger partial charge in [0.25, 0.3) is 0 Å². The van der Waals surface area contributed by atoms with Gasteiger partial charge in [0, 0.05) is 11.5 Å². The van der Waals surface area contributed by atoms with E-state index in [0.29, 0.717) is 11.5 Å². The van der Waals surface area contributed by atoms with Crippen molar-refractivity contribution in [1.29, 1.82) is 0 Å². The number of Topliss-reactive ketones (excluding diaryl/α,β-unsaturated/α-hetero) is 2. The third kappa shape index (κ3) is 2.50. The Bertz CT molecular complexity index is 885. The van der Waals surface area contributed by atoms with Crippen molar-refractivity contribution in [3.8, 4) is 0 Å². The van der Waals surface area contributed by atoms with E-state index in [1.54, 1.807) is 6.08 Å². The highest BCUT2D eigenvalue weighted by Crippen LogP contribution is 2.44. The lowest BCUT2D eigenvalue weighted by atomic mass is 9.80. The molecule has 1 aromatic rings. The van der Waals surface area contributed by atoms with Crippen molar-refractivity contribution in [3.63, 3.8) is 0 Å². The monoisotopic (exact) mass is 404 g/mol. The summed E-state index contributed by atoms with van der Waals surface area (Å²) in [6.45, 7) is 1.28. The summed E-state index contributed by atoms with van der Waals surface area (Å²) >= 11 is 3.26. The zero-order valence-electron chi connectivity index (χ0n) is 13.2. The van der Waals surface area contributed by atoms with Gasteiger partial charge in [0.1, 0.15) is 12.0 Å². The molecule has 1 atom stereocenters. The number of esters is 1. The normalized spacial score (nSPS) is 25.8. The summed E-state index contributed by atoms with van der Waals surface area (Å²) in [5.41, 5.74) is -1.31. The van der Waals surface area contributed by atoms with Gasteiger partial charge in [-0.05, 0) is 53.9 Å². The topological polar surface area (TPSA) is 82.8 Å².